The van der Waals surface area contributed by atoms with E-state index in [9.17, 15) is 14.4 Å². The molecule has 1 aliphatic heterocycles. The van der Waals surface area contributed by atoms with E-state index in [2.05, 4.69) is 5.32 Å². The van der Waals surface area contributed by atoms with Gasteiger partial charge in [0.15, 0.2) is 6.10 Å². The topological polar surface area (TPSA) is 75.7 Å². The van der Waals surface area contributed by atoms with E-state index in [1.54, 1.807) is 18.2 Å². The number of halogens is 1. The van der Waals surface area contributed by atoms with Crippen LogP contribution >= 0.6 is 23.4 Å². The largest absolute Gasteiger partial charge is 0.449 e. The molecule has 0 radical (unpaired) electrons. The van der Waals surface area contributed by atoms with E-state index in [1.165, 1.54) is 18.7 Å². The molecule has 8 heteroatoms. The fourth-order valence-corrected chi connectivity index (χ4v) is 2.60. The predicted molar refractivity (Wildman–Crippen MR) is 83.2 cm³/mol. The van der Waals surface area contributed by atoms with Gasteiger partial charge in [-0.3, -0.25) is 9.69 Å². The number of nitrogens with one attached hydrogen (secondary N) is 1. The van der Waals surface area contributed by atoms with Gasteiger partial charge < -0.3 is 10.1 Å². The van der Waals surface area contributed by atoms with Gasteiger partial charge in [0, 0.05) is 18.0 Å². The van der Waals surface area contributed by atoms with Crippen LogP contribution in [0.3, 0.4) is 0 Å². The van der Waals surface area contributed by atoms with Crippen molar-refractivity contribution in [3.8, 4) is 0 Å². The minimum absolute atomic E-state index is 0.194. The molecule has 1 aromatic carbocycles. The molecule has 1 heterocycles. The number of rotatable bonds is 4. The second-order valence-corrected chi connectivity index (χ2v) is 5.90. The number of imide groups is 1. The fourth-order valence-electron chi connectivity index (χ4n) is 1.96. The number of hydrogen-bond acceptors (Lipinski definition) is 5. The highest BCUT2D eigenvalue weighted by Gasteiger charge is 2.32. The first-order valence-electron chi connectivity index (χ1n) is 6.57. The van der Waals surface area contributed by atoms with Gasteiger partial charge in [-0.25, -0.2) is 9.59 Å². The van der Waals surface area contributed by atoms with Crippen LogP contribution in [0.25, 0.3) is 0 Å². The molecule has 118 valence electrons. The smallest absolute Gasteiger partial charge is 0.340 e. The van der Waals surface area contributed by atoms with Crippen molar-refractivity contribution in [3.05, 3.63) is 28.8 Å². The van der Waals surface area contributed by atoms with Crippen LogP contribution in [0.4, 0.5) is 4.79 Å². The molecule has 22 heavy (non-hydrogen) atoms. The lowest BCUT2D eigenvalue weighted by atomic mass is 10.2. The van der Waals surface area contributed by atoms with Gasteiger partial charge in [0.05, 0.1) is 10.6 Å². The first kappa shape index (κ1) is 16.6. The van der Waals surface area contributed by atoms with Crippen LogP contribution in [0.2, 0.25) is 5.02 Å². The standard InChI is InChI=1S/C14H15ClN2O4S/c1-8(12(18)17-6-5-16-14(17)20)21-13(19)10-7-9(22-2)3-4-11(10)15/h3-4,7-8H,5-6H2,1-2H3,(H,16,20). The van der Waals surface area contributed by atoms with E-state index in [-0.39, 0.29) is 17.1 Å². The molecular formula is C14H15ClN2O4S. The van der Waals surface area contributed by atoms with Gasteiger partial charge in [-0.1, -0.05) is 11.6 Å². The lowest BCUT2D eigenvalue weighted by molar-refractivity contribution is -0.136. The minimum atomic E-state index is -1.06. The van der Waals surface area contributed by atoms with Crippen LogP contribution < -0.4 is 5.32 Å². The van der Waals surface area contributed by atoms with E-state index in [0.29, 0.717) is 6.54 Å². The van der Waals surface area contributed by atoms with Crippen LogP contribution in [0.15, 0.2) is 23.1 Å². The van der Waals surface area contributed by atoms with Crippen molar-refractivity contribution in [1.29, 1.82) is 0 Å². The number of urea groups is 1. The molecular weight excluding hydrogens is 328 g/mol. The molecule has 1 aromatic rings. The van der Waals surface area contributed by atoms with E-state index in [0.717, 1.165) is 9.80 Å². The Bertz CT molecular complexity index is 623. The number of hydrogen-bond donors (Lipinski definition) is 1. The summed E-state index contributed by atoms with van der Waals surface area (Å²) in [6.45, 7) is 2.09. The second kappa shape index (κ2) is 7.02. The van der Waals surface area contributed by atoms with E-state index in [4.69, 9.17) is 16.3 Å². The molecule has 6 nitrogen and oxygen atoms in total. The third-order valence-electron chi connectivity index (χ3n) is 3.15. The third kappa shape index (κ3) is 3.53. The number of carbonyl (C=O) groups excluding carboxylic acids is 3. The molecule has 2 rings (SSSR count). The molecule has 1 fully saturated rings. The Morgan fingerprint density at radius 2 is 2.18 bits per heavy atom. The normalized spacial score (nSPS) is 15.4. The monoisotopic (exact) mass is 342 g/mol. The highest BCUT2D eigenvalue weighted by Crippen LogP contribution is 2.24. The average molecular weight is 343 g/mol. The third-order valence-corrected chi connectivity index (χ3v) is 4.20. The van der Waals surface area contributed by atoms with Crippen molar-refractivity contribution in [2.45, 2.75) is 17.9 Å². The van der Waals surface area contributed by atoms with Gasteiger partial charge in [-0.2, -0.15) is 0 Å². The highest BCUT2D eigenvalue weighted by molar-refractivity contribution is 7.98. The summed E-state index contributed by atoms with van der Waals surface area (Å²) in [6, 6.07) is 4.52. The number of benzene rings is 1. The van der Waals surface area contributed by atoms with Gasteiger partial charge in [-0.15, -0.1) is 11.8 Å². The molecule has 0 aliphatic carbocycles. The molecule has 0 aromatic heterocycles. The number of carbonyl (C=O) groups is 3. The number of thioether (sulfide) groups is 1. The SMILES string of the molecule is CSc1ccc(Cl)c(C(=O)OC(C)C(=O)N2CCNC2=O)c1. The number of ether oxygens (including phenoxy) is 1. The van der Waals surface area contributed by atoms with Gasteiger partial charge >= 0.3 is 12.0 Å². The first-order chi connectivity index (χ1) is 10.4. The summed E-state index contributed by atoms with van der Waals surface area (Å²) in [4.78, 5) is 37.6. The lowest BCUT2D eigenvalue weighted by Gasteiger charge is -2.18. The number of esters is 1. The van der Waals surface area contributed by atoms with Gasteiger partial charge in [0.2, 0.25) is 0 Å². The summed E-state index contributed by atoms with van der Waals surface area (Å²) in [5.74, 6) is -1.25. The van der Waals surface area contributed by atoms with Crippen LogP contribution in [0.5, 0.6) is 0 Å². The van der Waals surface area contributed by atoms with Crippen LogP contribution in [0, 0.1) is 0 Å². The maximum atomic E-state index is 12.2. The summed E-state index contributed by atoms with van der Waals surface area (Å²) >= 11 is 7.45. The summed E-state index contributed by atoms with van der Waals surface area (Å²) < 4.78 is 5.14. The Hall–Kier alpha value is -1.73. The zero-order chi connectivity index (χ0) is 16.3. The first-order valence-corrected chi connectivity index (χ1v) is 8.18. The molecule has 1 atom stereocenters. The lowest BCUT2D eigenvalue weighted by Crippen LogP contribution is -2.41. The fraction of sp³-hybridized carbons (Fsp3) is 0.357. The van der Waals surface area contributed by atoms with Crippen LogP contribution in [-0.4, -0.2) is 48.3 Å². The second-order valence-electron chi connectivity index (χ2n) is 4.62. The predicted octanol–water partition coefficient (Wildman–Crippen LogP) is 2.16. The quantitative estimate of drug-likeness (QED) is 0.670. The average Bonchev–Trinajstić information content (AvgIpc) is 2.92. The van der Waals surface area contributed by atoms with E-state index >= 15 is 0 Å². The Morgan fingerprint density at radius 3 is 2.77 bits per heavy atom. The molecule has 1 saturated heterocycles. The van der Waals surface area contributed by atoms with Crippen molar-refractivity contribution in [3.63, 3.8) is 0 Å². The summed E-state index contributed by atoms with van der Waals surface area (Å²) in [5.41, 5.74) is 0.194. The summed E-state index contributed by atoms with van der Waals surface area (Å²) in [5, 5.41) is 2.77. The van der Waals surface area contributed by atoms with Crippen molar-refractivity contribution >= 4 is 41.3 Å². The van der Waals surface area contributed by atoms with E-state index in [1.807, 2.05) is 6.26 Å². The zero-order valence-electron chi connectivity index (χ0n) is 12.1. The van der Waals surface area contributed by atoms with Crippen molar-refractivity contribution in [2.24, 2.45) is 0 Å². The highest BCUT2D eigenvalue weighted by atomic mass is 35.5. The Kier molecular flexibility index (Phi) is 5.31. The molecule has 3 amide bonds. The molecule has 0 saturated carbocycles. The number of nitrogens with zero attached hydrogens (tertiary/aromatic N) is 1. The van der Waals surface area contributed by atoms with E-state index < -0.39 is 24.0 Å². The molecule has 1 N–H and O–H groups in total. The maximum absolute atomic E-state index is 12.2. The zero-order valence-corrected chi connectivity index (χ0v) is 13.7. The van der Waals surface area contributed by atoms with Crippen LogP contribution in [0.1, 0.15) is 17.3 Å². The molecule has 0 spiro atoms. The minimum Gasteiger partial charge on any atom is -0.449 e. The van der Waals surface area contributed by atoms with Crippen molar-refractivity contribution in [1.82, 2.24) is 10.2 Å². The van der Waals surface area contributed by atoms with Gasteiger partial charge in [0.1, 0.15) is 0 Å². The molecule has 1 aliphatic rings. The van der Waals surface area contributed by atoms with Gasteiger partial charge in [0.25, 0.3) is 5.91 Å². The summed E-state index contributed by atoms with van der Waals surface area (Å²) in [6.07, 6.45) is 0.807. The molecule has 1 unspecified atom stereocenters. The molecule has 0 bridgehead atoms. The van der Waals surface area contributed by atoms with Crippen molar-refractivity contribution in [2.75, 3.05) is 19.3 Å². The Balaban J connectivity index is 2.08. The summed E-state index contributed by atoms with van der Waals surface area (Å²) in [7, 11) is 0. The van der Waals surface area contributed by atoms with Gasteiger partial charge in [-0.05, 0) is 31.4 Å². The Morgan fingerprint density at radius 1 is 1.45 bits per heavy atom. The maximum Gasteiger partial charge on any atom is 0.340 e. The number of amides is 3. The Labute approximate surface area is 137 Å². The van der Waals surface area contributed by atoms with Crippen molar-refractivity contribution < 1.29 is 19.1 Å². The van der Waals surface area contributed by atoms with Crippen LogP contribution in [-0.2, 0) is 9.53 Å².